The zero-order valence-corrected chi connectivity index (χ0v) is 22.0. The van der Waals surface area contributed by atoms with Gasteiger partial charge in [-0.05, 0) is 76.4 Å². The number of carbonyl (C=O) groups is 1. The Morgan fingerprint density at radius 1 is 1.19 bits per heavy atom. The molecule has 37 heavy (non-hydrogen) atoms. The highest BCUT2D eigenvalue weighted by Crippen LogP contribution is 2.41. The monoisotopic (exact) mass is 520 g/mol. The van der Waals surface area contributed by atoms with E-state index in [4.69, 9.17) is 26.1 Å². The van der Waals surface area contributed by atoms with Crippen LogP contribution in [0, 0.1) is 6.92 Å². The molecular formula is C27H29ClN6O3. The van der Waals surface area contributed by atoms with Gasteiger partial charge in [0.1, 0.15) is 23.5 Å². The van der Waals surface area contributed by atoms with Crippen LogP contribution in [-0.2, 0) is 11.3 Å². The second-order valence-corrected chi connectivity index (χ2v) is 10.3. The van der Waals surface area contributed by atoms with E-state index in [2.05, 4.69) is 27.2 Å². The molecule has 1 N–H and O–H groups in total. The van der Waals surface area contributed by atoms with Gasteiger partial charge in [0.25, 0.3) is 5.91 Å². The number of aromatic nitrogens is 5. The average Bonchev–Trinajstić information content (AvgIpc) is 3.46. The van der Waals surface area contributed by atoms with Gasteiger partial charge in [-0.15, -0.1) is 0 Å². The summed E-state index contributed by atoms with van der Waals surface area (Å²) >= 11 is 6.73. The Balaban J connectivity index is 1.53. The van der Waals surface area contributed by atoms with E-state index in [0.29, 0.717) is 45.7 Å². The molecule has 0 aliphatic heterocycles. The molecule has 3 aromatic heterocycles. The molecule has 0 saturated heterocycles. The number of ether oxygens (including phenoxy) is 2. The highest BCUT2D eigenvalue weighted by molar-refractivity contribution is 6.33. The van der Waals surface area contributed by atoms with Gasteiger partial charge in [0.2, 0.25) is 5.88 Å². The first-order valence-corrected chi connectivity index (χ1v) is 12.6. The number of carbonyl (C=O) groups excluding carboxylic acids is 1. The number of benzene rings is 1. The molecule has 3 heterocycles. The van der Waals surface area contributed by atoms with E-state index in [-0.39, 0.29) is 24.2 Å². The number of nitrogens with zero attached hydrogens (tertiary/aromatic N) is 5. The van der Waals surface area contributed by atoms with Gasteiger partial charge in [-0.1, -0.05) is 11.6 Å². The molecule has 1 fully saturated rings. The molecule has 1 amide bonds. The van der Waals surface area contributed by atoms with Crippen LogP contribution in [0.25, 0.3) is 22.6 Å². The zero-order chi connectivity index (χ0) is 26.2. The van der Waals surface area contributed by atoms with Gasteiger partial charge in [-0.3, -0.25) is 9.78 Å². The molecule has 10 heteroatoms. The molecule has 0 atom stereocenters. The summed E-state index contributed by atoms with van der Waals surface area (Å²) in [5, 5.41) is 3.23. The molecule has 0 unspecified atom stereocenters. The first-order chi connectivity index (χ1) is 17.7. The Kier molecular flexibility index (Phi) is 6.72. The maximum atomic E-state index is 12.0. The summed E-state index contributed by atoms with van der Waals surface area (Å²) in [5.41, 5.74) is 3.64. The second kappa shape index (κ2) is 9.97. The quantitative estimate of drug-likeness (QED) is 0.340. The molecule has 4 aromatic rings. The minimum Gasteiger partial charge on any atom is -0.484 e. The molecule has 1 aliphatic rings. The highest BCUT2D eigenvalue weighted by Gasteiger charge is 2.41. The van der Waals surface area contributed by atoms with E-state index in [1.54, 1.807) is 18.3 Å². The van der Waals surface area contributed by atoms with Crippen molar-refractivity contribution in [3.8, 4) is 23.0 Å². The lowest BCUT2D eigenvalue weighted by atomic mass is 10.2. The third-order valence-corrected chi connectivity index (χ3v) is 6.40. The van der Waals surface area contributed by atoms with E-state index in [1.807, 2.05) is 43.5 Å². The molecule has 0 radical (unpaired) electrons. The number of nitrogens with one attached hydrogen (secondary N) is 1. The Hall–Kier alpha value is -3.72. The van der Waals surface area contributed by atoms with E-state index in [9.17, 15) is 4.79 Å². The fourth-order valence-corrected chi connectivity index (χ4v) is 4.24. The van der Waals surface area contributed by atoms with Crippen LogP contribution in [-0.4, -0.2) is 48.7 Å². The predicted octanol–water partition coefficient (Wildman–Crippen LogP) is 4.73. The minimum atomic E-state index is -0.220. The van der Waals surface area contributed by atoms with Crippen molar-refractivity contribution in [2.45, 2.75) is 58.7 Å². The van der Waals surface area contributed by atoms with Gasteiger partial charge in [0.05, 0.1) is 17.3 Å². The lowest BCUT2D eigenvalue weighted by Gasteiger charge is -2.13. The van der Waals surface area contributed by atoms with Crippen molar-refractivity contribution >= 4 is 28.7 Å². The van der Waals surface area contributed by atoms with Gasteiger partial charge in [-0.25, -0.2) is 9.97 Å². The summed E-state index contributed by atoms with van der Waals surface area (Å²) in [4.78, 5) is 30.3. The van der Waals surface area contributed by atoms with Crippen molar-refractivity contribution in [2.24, 2.45) is 0 Å². The molecule has 1 saturated carbocycles. The summed E-state index contributed by atoms with van der Waals surface area (Å²) in [6, 6.07) is 9.31. The van der Waals surface area contributed by atoms with Crippen LogP contribution in [0.3, 0.4) is 0 Å². The van der Waals surface area contributed by atoms with Gasteiger partial charge < -0.3 is 19.4 Å². The zero-order valence-electron chi connectivity index (χ0n) is 21.3. The number of imidazole rings is 1. The standard InChI is InChI=1S/C27H29ClN6O3/c1-16(2)32-22(35)14-36-19-5-6-20(21(28)12-19)24-33-23-25(30-15-31-26(23)37-27(4)8-9-27)34(24)13-18-11-17(3)7-10-29-18/h5-7,10-12,15-16H,8-9,13-14H2,1-4H3,(H,32,35). The highest BCUT2D eigenvalue weighted by atomic mass is 35.5. The number of hydrogen-bond donors (Lipinski definition) is 1. The average molecular weight is 521 g/mol. The molecule has 192 valence electrons. The number of fused-ring (bicyclic) bond motifs is 1. The van der Waals surface area contributed by atoms with Crippen LogP contribution in [0.15, 0.2) is 42.9 Å². The SMILES string of the molecule is Cc1ccnc(Cn2c(-c3ccc(OCC(=O)NC(C)C)cc3Cl)nc3c(OC4(C)CC4)ncnc32)c1. The van der Waals surface area contributed by atoms with Crippen LogP contribution in [0.2, 0.25) is 5.02 Å². The third-order valence-electron chi connectivity index (χ3n) is 6.09. The third kappa shape index (κ3) is 5.67. The van der Waals surface area contributed by atoms with Gasteiger partial charge >= 0.3 is 0 Å². The van der Waals surface area contributed by atoms with Crippen molar-refractivity contribution < 1.29 is 14.3 Å². The molecule has 0 bridgehead atoms. The van der Waals surface area contributed by atoms with Crippen LogP contribution >= 0.6 is 11.6 Å². The summed E-state index contributed by atoms with van der Waals surface area (Å²) < 4.78 is 13.8. The van der Waals surface area contributed by atoms with Crippen molar-refractivity contribution in [3.05, 3.63) is 59.1 Å². The van der Waals surface area contributed by atoms with E-state index >= 15 is 0 Å². The number of halogens is 1. The molecular weight excluding hydrogens is 492 g/mol. The summed E-state index contributed by atoms with van der Waals surface area (Å²) in [7, 11) is 0. The van der Waals surface area contributed by atoms with Crippen LogP contribution in [0.1, 0.15) is 44.9 Å². The molecule has 0 spiro atoms. The Morgan fingerprint density at radius 3 is 2.70 bits per heavy atom. The number of aryl methyl sites for hydroxylation is 1. The summed E-state index contributed by atoms with van der Waals surface area (Å²) in [6.07, 6.45) is 5.23. The van der Waals surface area contributed by atoms with Crippen molar-refractivity contribution in [2.75, 3.05) is 6.61 Å². The smallest absolute Gasteiger partial charge is 0.258 e. The van der Waals surface area contributed by atoms with Gasteiger partial charge in [0.15, 0.2) is 17.8 Å². The number of hydrogen-bond acceptors (Lipinski definition) is 7. The maximum Gasteiger partial charge on any atom is 0.258 e. The first kappa shape index (κ1) is 25.0. The van der Waals surface area contributed by atoms with Crippen LogP contribution in [0.4, 0.5) is 0 Å². The molecule has 1 aliphatic carbocycles. The molecule has 1 aromatic carbocycles. The normalized spacial score (nSPS) is 14.1. The van der Waals surface area contributed by atoms with E-state index in [0.717, 1.165) is 24.1 Å². The fraction of sp³-hybridized carbons (Fsp3) is 0.370. The Morgan fingerprint density at radius 2 is 2.00 bits per heavy atom. The minimum absolute atomic E-state index is 0.0393. The number of rotatable bonds is 9. The Labute approximate surface area is 220 Å². The van der Waals surface area contributed by atoms with Crippen molar-refractivity contribution in [1.29, 1.82) is 0 Å². The number of amides is 1. The Bertz CT molecular complexity index is 1460. The maximum absolute atomic E-state index is 12.0. The van der Waals surface area contributed by atoms with Crippen LogP contribution < -0.4 is 14.8 Å². The summed E-state index contributed by atoms with van der Waals surface area (Å²) in [5.74, 6) is 1.35. The molecule has 9 nitrogen and oxygen atoms in total. The lowest BCUT2D eigenvalue weighted by molar-refractivity contribution is -0.123. The second-order valence-electron chi connectivity index (χ2n) is 9.90. The van der Waals surface area contributed by atoms with E-state index in [1.165, 1.54) is 6.33 Å². The van der Waals surface area contributed by atoms with Crippen LogP contribution in [0.5, 0.6) is 11.6 Å². The van der Waals surface area contributed by atoms with E-state index < -0.39 is 0 Å². The largest absolute Gasteiger partial charge is 0.484 e. The first-order valence-electron chi connectivity index (χ1n) is 12.2. The van der Waals surface area contributed by atoms with Crippen molar-refractivity contribution in [3.63, 3.8) is 0 Å². The molecule has 5 rings (SSSR count). The lowest BCUT2D eigenvalue weighted by Crippen LogP contribution is -2.34. The van der Waals surface area contributed by atoms with Crippen molar-refractivity contribution in [1.82, 2.24) is 29.8 Å². The summed E-state index contributed by atoms with van der Waals surface area (Å²) in [6.45, 7) is 8.22. The number of pyridine rings is 1. The van der Waals surface area contributed by atoms with Gasteiger partial charge in [-0.2, -0.15) is 4.98 Å². The predicted molar refractivity (Wildman–Crippen MR) is 141 cm³/mol. The fourth-order valence-electron chi connectivity index (χ4n) is 3.98. The van der Waals surface area contributed by atoms with Gasteiger partial charge in [0, 0.05) is 17.8 Å². The topological polar surface area (TPSA) is 104 Å².